The van der Waals surface area contributed by atoms with Gasteiger partial charge in [0.2, 0.25) is 0 Å². The van der Waals surface area contributed by atoms with E-state index in [0.29, 0.717) is 0 Å². The van der Waals surface area contributed by atoms with Crippen LogP contribution < -0.4 is 0 Å². The summed E-state index contributed by atoms with van der Waals surface area (Å²) < 4.78 is 0. The van der Waals surface area contributed by atoms with Crippen molar-refractivity contribution in [1.82, 2.24) is 0 Å². The Balaban J connectivity index is 2.64. The fourth-order valence-electron chi connectivity index (χ4n) is 0.729. The number of aliphatic imine (C=N–C) groups is 1. The molecule has 0 unspecified atom stereocenters. The zero-order valence-corrected chi connectivity index (χ0v) is 6.57. The van der Waals surface area contributed by atoms with Crippen molar-refractivity contribution in [3.8, 4) is 0 Å². The highest BCUT2D eigenvalue weighted by molar-refractivity contribution is 5.74. The van der Waals surface area contributed by atoms with E-state index in [4.69, 9.17) is 0 Å². The zero-order valence-electron chi connectivity index (χ0n) is 6.57. The Kier molecular flexibility index (Phi) is 3.13. The number of hydrogen-bond acceptors (Lipinski definition) is 1. The van der Waals surface area contributed by atoms with Crippen LogP contribution >= 0.6 is 0 Å². The highest BCUT2D eigenvalue weighted by Crippen LogP contribution is 2.07. The van der Waals surface area contributed by atoms with Crippen molar-refractivity contribution in [1.29, 1.82) is 0 Å². The van der Waals surface area contributed by atoms with Crippen molar-refractivity contribution in [2.24, 2.45) is 4.99 Å². The summed E-state index contributed by atoms with van der Waals surface area (Å²) in [5, 5.41) is 0. The van der Waals surface area contributed by atoms with Crippen molar-refractivity contribution in [3.05, 3.63) is 42.5 Å². The van der Waals surface area contributed by atoms with Crippen molar-refractivity contribution in [2.75, 3.05) is 0 Å². The monoisotopic (exact) mass is 145 g/mol. The molecule has 0 spiro atoms. The molecule has 0 aliphatic carbocycles. The van der Waals surface area contributed by atoms with Crippen LogP contribution in [0, 0.1) is 0 Å². The van der Waals surface area contributed by atoms with Crippen LogP contribution in [0.5, 0.6) is 0 Å². The van der Waals surface area contributed by atoms with E-state index in [1.165, 1.54) is 0 Å². The quantitative estimate of drug-likeness (QED) is 0.567. The molecule has 0 N–H and O–H groups in total. The predicted octanol–water partition coefficient (Wildman–Crippen LogP) is 2.97. The third kappa shape index (κ3) is 2.80. The second-order valence-electron chi connectivity index (χ2n) is 2.14. The normalized spacial score (nSPS) is 11.4. The van der Waals surface area contributed by atoms with Gasteiger partial charge in [-0.15, -0.1) is 0 Å². The number of rotatable bonds is 2. The summed E-state index contributed by atoms with van der Waals surface area (Å²) in [6.45, 7) is 1.97. The summed E-state index contributed by atoms with van der Waals surface area (Å²) in [5.74, 6) is 0. The van der Waals surface area contributed by atoms with Gasteiger partial charge < -0.3 is 0 Å². The van der Waals surface area contributed by atoms with Gasteiger partial charge in [-0.2, -0.15) is 0 Å². The van der Waals surface area contributed by atoms with Gasteiger partial charge in [-0.1, -0.05) is 24.3 Å². The molecule has 56 valence electrons. The Morgan fingerprint density at radius 2 is 1.91 bits per heavy atom. The van der Waals surface area contributed by atoms with Crippen molar-refractivity contribution in [2.45, 2.75) is 6.92 Å². The van der Waals surface area contributed by atoms with Crippen molar-refractivity contribution in [3.63, 3.8) is 0 Å². The fourth-order valence-corrected chi connectivity index (χ4v) is 0.729. The average Bonchev–Trinajstić information content (AvgIpc) is 2.07. The topological polar surface area (TPSA) is 12.4 Å². The van der Waals surface area contributed by atoms with E-state index in [-0.39, 0.29) is 0 Å². The maximum Gasteiger partial charge on any atom is 0.0629 e. The lowest BCUT2D eigenvalue weighted by Gasteiger charge is -1.87. The Bertz CT molecular complexity index is 247. The largest absolute Gasteiger partial charge is 0.257 e. The standard InChI is InChI=1S/C10H11N/c1-2-3-9-11-10-7-5-4-6-8-10/h2-9H,1H3/b3-2-,11-9?. The van der Waals surface area contributed by atoms with Gasteiger partial charge in [-0.3, -0.25) is 4.99 Å². The van der Waals surface area contributed by atoms with E-state index < -0.39 is 0 Å². The summed E-state index contributed by atoms with van der Waals surface area (Å²) in [6, 6.07) is 9.87. The van der Waals surface area contributed by atoms with Gasteiger partial charge in [0.05, 0.1) is 5.69 Å². The molecule has 0 aliphatic heterocycles. The second kappa shape index (κ2) is 4.45. The minimum Gasteiger partial charge on any atom is -0.257 e. The van der Waals surface area contributed by atoms with Crippen LogP contribution in [0.2, 0.25) is 0 Å². The third-order valence-electron chi connectivity index (χ3n) is 1.26. The lowest BCUT2D eigenvalue weighted by molar-refractivity contribution is 1.54. The highest BCUT2D eigenvalue weighted by atomic mass is 14.7. The molecule has 0 heterocycles. The van der Waals surface area contributed by atoms with Crippen LogP contribution in [0.3, 0.4) is 0 Å². The van der Waals surface area contributed by atoms with Gasteiger partial charge in [0.25, 0.3) is 0 Å². The summed E-state index contributed by atoms with van der Waals surface area (Å²) in [4.78, 5) is 4.18. The molecule has 0 atom stereocenters. The molecule has 1 heteroatoms. The smallest absolute Gasteiger partial charge is 0.0629 e. The van der Waals surface area contributed by atoms with Crippen LogP contribution in [0.4, 0.5) is 5.69 Å². The summed E-state index contributed by atoms with van der Waals surface area (Å²) in [7, 11) is 0. The summed E-state index contributed by atoms with van der Waals surface area (Å²) in [6.07, 6.45) is 5.65. The van der Waals surface area contributed by atoms with Gasteiger partial charge in [0, 0.05) is 6.21 Å². The molecule has 0 aromatic heterocycles. The van der Waals surface area contributed by atoms with E-state index in [9.17, 15) is 0 Å². The van der Waals surface area contributed by atoms with E-state index >= 15 is 0 Å². The molecule has 1 nitrogen and oxygen atoms in total. The molecule has 0 saturated heterocycles. The minimum absolute atomic E-state index is 0.991. The maximum absolute atomic E-state index is 4.18. The molecular weight excluding hydrogens is 134 g/mol. The SMILES string of the molecule is C/C=C\C=Nc1ccccc1. The van der Waals surface area contributed by atoms with Crippen LogP contribution in [-0.4, -0.2) is 6.21 Å². The maximum atomic E-state index is 4.18. The van der Waals surface area contributed by atoms with E-state index in [2.05, 4.69) is 4.99 Å². The molecule has 11 heavy (non-hydrogen) atoms. The van der Waals surface area contributed by atoms with Crippen molar-refractivity contribution >= 4 is 11.9 Å². The average molecular weight is 145 g/mol. The van der Waals surface area contributed by atoms with Crippen LogP contribution in [0.25, 0.3) is 0 Å². The Morgan fingerprint density at radius 1 is 1.18 bits per heavy atom. The Morgan fingerprint density at radius 3 is 2.55 bits per heavy atom. The number of nitrogens with zero attached hydrogens (tertiary/aromatic N) is 1. The molecular formula is C10H11N. The number of hydrogen-bond donors (Lipinski definition) is 0. The lowest BCUT2D eigenvalue weighted by atomic mass is 10.3. The van der Waals surface area contributed by atoms with Crippen LogP contribution in [0.1, 0.15) is 6.92 Å². The first kappa shape index (κ1) is 7.73. The second-order valence-corrected chi connectivity index (χ2v) is 2.14. The first-order valence-electron chi connectivity index (χ1n) is 3.64. The number of allylic oxidation sites excluding steroid dienone is 2. The molecule has 0 bridgehead atoms. The molecule has 1 aromatic rings. The first-order chi connectivity index (χ1) is 5.43. The van der Waals surface area contributed by atoms with E-state index in [1.54, 1.807) is 6.21 Å². The predicted molar refractivity (Wildman–Crippen MR) is 49.4 cm³/mol. The van der Waals surface area contributed by atoms with Gasteiger partial charge in [-0.25, -0.2) is 0 Å². The van der Waals surface area contributed by atoms with E-state index in [1.807, 2.05) is 49.4 Å². The number of benzene rings is 1. The summed E-state index contributed by atoms with van der Waals surface area (Å²) in [5.41, 5.74) is 0.991. The molecule has 0 amide bonds. The molecule has 0 radical (unpaired) electrons. The molecule has 0 aliphatic rings. The molecule has 1 aromatic carbocycles. The summed E-state index contributed by atoms with van der Waals surface area (Å²) >= 11 is 0. The fraction of sp³-hybridized carbons (Fsp3) is 0.100. The Hall–Kier alpha value is -1.37. The zero-order chi connectivity index (χ0) is 7.94. The Labute approximate surface area is 67.1 Å². The highest BCUT2D eigenvalue weighted by Gasteiger charge is 1.79. The van der Waals surface area contributed by atoms with Crippen LogP contribution in [0.15, 0.2) is 47.5 Å². The minimum atomic E-state index is 0.991. The van der Waals surface area contributed by atoms with Crippen molar-refractivity contribution < 1.29 is 0 Å². The van der Waals surface area contributed by atoms with Gasteiger partial charge in [-0.05, 0) is 25.1 Å². The van der Waals surface area contributed by atoms with Gasteiger partial charge in [0.1, 0.15) is 0 Å². The molecule has 1 rings (SSSR count). The van der Waals surface area contributed by atoms with Gasteiger partial charge >= 0.3 is 0 Å². The van der Waals surface area contributed by atoms with Crippen LogP contribution in [-0.2, 0) is 0 Å². The number of para-hydroxylation sites is 1. The molecule has 0 fully saturated rings. The van der Waals surface area contributed by atoms with Gasteiger partial charge in [0.15, 0.2) is 0 Å². The lowest BCUT2D eigenvalue weighted by Crippen LogP contribution is -1.64. The first-order valence-corrected chi connectivity index (χ1v) is 3.64. The van der Waals surface area contributed by atoms with E-state index in [0.717, 1.165) is 5.69 Å². The molecule has 0 saturated carbocycles. The third-order valence-corrected chi connectivity index (χ3v) is 1.26.